The second-order valence-electron chi connectivity index (χ2n) is 7.52. The molecule has 0 unspecified atom stereocenters. The number of benzene rings is 1. The smallest absolute Gasteiger partial charge is 0.409 e. The highest BCUT2D eigenvalue weighted by Crippen LogP contribution is 2.23. The first-order chi connectivity index (χ1) is 12.5. The summed E-state index contributed by atoms with van der Waals surface area (Å²) in [6, 6.07) is 6.55. The summed E-state index contributed by atoms with van der Waals surface area (Å²) in [4.78, 5) is 21.2. The number of likely N-dealkylation sites (N-methyl/N-ethyl adjacent to an activating group) is 1. The van der Waals surface area contributed by atoms with E-state index in [0.29, 0.717) is 6.61 Å². The Kier molecular flexibility index (Phi) is 6.38. The summed E-state index contributed by atoms with van der Waals surface area (Å²) in [5.41, 5.74) is 3.85. The van der Waals surface area contributed by atoms with E-state index in [1.165, 1.54) is 16.8 Å². The summed E-state index contributed by atoms with van der Waals surface area (Å²) < 4.78 is 5.51. The molecule has 0 aliphatic carbocycles. The predicted molar refractivity (Wildman–Crippen MR) is 105 cm³/mol. The van der Waals surface area contributed by atoms with Crippen molar-refractivity contribution in [2.75, 3.05) is 77.5 Å². The number of amides is 1. The molecule has 6 nitrogen and oxygen atoms in total. The van der Waals surface area contributed by atoms with Crippen molar-refractivity contribution in [2.24, 2.45) is 0 Å². The summed E-state index contributed by atoms with van der Waals surface area (Å²) >= 11 is 0. The molecule has 6 heteroatoms. The second-order valence-corrected chi connectivity index (χ2v) is 7.52. The predicted octanol–water partition coefficient (Wildman–Crippen LogP) is 1.81. The number of hydrogen-bond acceptors (Lipinski definition) is 5. The molecular weight excluding hydrogens is 328 g/mol. The molecule has 2 fully saturated rings. The number of hydrogen-bond donors (Lipinski definition) is 0. The Morgan fingerprint density at radius 3 is 2.38 bits per heavy atom. The molecule has 0 radical (unpaired) electrons. The number of rotatable bonds is 4. The van der Waals surface area contributed by atoms with Crippen LogP contribution in [-0.2, 0) is 4.74 Å². The van der Waals surface area contributed by atoms with Gasteiger partial charge in [0.25, 0.3) is 0 Å². The van der Waals surface area contributed by atoms with Gasteiger partial charge in [-0.2, -0.15) is 0 Å². The molecule has 0 saturated carbocycles. The molecule has 0 bridgehead atoms. The van der Waals surface area contributed by atoms with Crippen LogP contribution in [-0.4, -0.2) is 93.4 Å². The molecule has 144 valence electrons. The summed E-state index contributed by atoms with van der Waals surface area (Å²) in [6.45, 7) is 13.1. The quantitative estimate of drug-likeness (QED) is 0.819. The van der Waals surface area contributed by atoms with Gasteiger partial charge in [-0.25, -0.2) is 4.79 Å². The number of carbonyl (C=O) groups excluding carboxylic acids is 1. The lowest BCUT2D eigenvalue weighted by atomic mass is 10.1. The molecule has 2 aliphatic rings. The maximum Gasteiger partial charge on any atom is 0.409 e. The molecule has 1 amide bonds. The van der Waals surface area contributed by atoms with Gasteiger partial charge in [0.1, 0.15) is 6.61 Å². The first-order valence-electron chi connectivity index (χ1n) is 9.68. The Morgan fingerprint density at radius 2 is 1.69 bits per heavy atom. The Hall–Kier alpha value is -1.79. The van der Waals surface area contributed by atoms with E-state index in [4.69, 9.17) is 4.74 Å². The Bertz CT molecular complexity index is 606. The second kappa shape index (κ2) is 8.73. The highest BCUT2D eigenvalue weighted by Gasteiger charge is 2.23. The van der Waals surface area contributed by atoms with Gasteiger partial charge >= 0.3 is 6.09 Å². The van der Waals surface area contributed by atoms with Crippen molar-refractivity contribution in [3.63, 3.8) is 0 Å². The van der Waals surface area contributed by atoms with Crippen LogP contribution in [0, 0.1) is 13.8 Å². The van der Waals surface area contributed by atoms with E-state index in [1.54, 1.807) is 0 Å². The van der Waals surface area contributed by atoms with Crippen molar-refractivity contribution in [1.29, 1.82) is 0 Å². The van der Waals surface area contributed by atoms with Crippen molar-refractivity contribution in [3.05, 3.63) is 29.3 Å². The molecule has 0 spiro atoms. The molecule has 1 aromatic carbocycles. The summed E-state index contributed by atoms with van der Waals surface area (Å²) in [6.07, 6.45) is -0.167. The first kappa shape index (κ1) is 19.0. The van der Waals surface area contributed by atoms with Crippen LogP contribution < -0.4 is 4.90 Å². The van der Waals surface area contributed by atoms with Crippen LogP contribution in [0.3, 0.4) is 0 Å². The zero-order valence-corrected chi connectivity index (χ0v) is 16.4. The highest BCUT2D eigenvalue weighted by molar-refractivity contribution is 5.68. The molecule has 1 aromatic rings. The third-order valence-electron chi connectivity index (χ3n) is 5.47. The van der Waals surface area contributed by atoms with Gasteiger partial charge in [-0.05, 0) is 38.1 Å². The summed E-state index contributed by atoms with van der Waals surface area (Å²) in [5, 5.41) is 0. The first-order valence-corrected chi connectivity index (χ1v) is 9.68. The zero-order chi connectivity index (χ0) is 18.5. The molecule has 2 aliphatic heterocycles. The molecule has 26 heavy (non-hydrogen) atoms. The molecule has 3 rings (SSSR count). The summed E-state index contributed by atoms with van der Waals surface area (Å²) in [5.74, 6) is 0. The maximum atomic E-state index is 12.3. The minimum atomic E-state index is -0.167. The standard InChI is InChI=1S/C20H32N4O2/c1-17-4-5-18(2)19(16-17)23-10-12-24(13-11-23)20(25)26-15-14-22-8-6-21(3)7-9-22/h4-5,16H,6-15H2,1-3H3. The van der Waals surface area contributed by atoms with Gasteiger partial charge in [0.2, 0.25) is 0 Å². The van der Waals surface area contributed by atoms with Gasteiger partial charge in [-0.1, -0.05) is 12.1 Å². The largest absolute Gasteiger partial charge is 0.448 e. The van der Waals surface area contributed by atoms with Gasteiger partial charge in [0.15, 0.2) is 0 Å². The normalized spacial score (nSPS) is 19.7. The van der Waals surface area contributed by atoms with Gasteiger partial charge in [-0.3, -0.25) is 4.90 Å². The molecule has 2 saturated heterocycles. The van der Waals surface area contributed by atoms with Gasteiger partial charge in [0.05, 0.1) is 0 Å². The van der Waals surface area contributed by atoms with Crippen LogP contribution in [0.2, 0.25) is 0 Å². The number of aryl methyl sites for hydroxylation is 2. The average Bonchev–Trinajstić information content (AvgIpc) is 2.65. The van der Waals surface area contributed by atoms with Crippen LogP contribution in [0.15, 0.2) is 18.2 Å². The van der Waals surface area contributed by atoms with Crippen LogP contribution in [0.1, 0.15) is 11.1 Å². The highest BCUT2D eigenvalue weighted by atomic mass is 16.6. The van der Waals surface area contributed by atoms with Crippen molar-refractivity contribution in [2.45, 2.75) is 13.8 Å². The lowest BCUT2D eigenvalue weighted by Crippen LogP contribution is -2.49. The lowest BCUT2D eigenvalue weighted by molar-refractivity contribution is 0.0779. The van der Waals surface area contributed by atoms with E-state index < -0.39 is 0 Å². The maximum absolute atomic E-state index is 12.3. The number of anilines is 1. The SMILES string of the molecule is Cc1ccc(C)c(N2CCN(C(=O)OCCN3CCN(C)CC3)CC2)c1. The van der Waals surface area contributed by atoms with E-state index >= 15 is 0 Å². The third kappa shape index (κ3) is 4.89. The van der Waals surface area contributed by atoms with Crippen LogP contribution in [0.4, 0.5) is 10.5 Å². The summed E-state index contributed by atoms with van der Waals surface area (Å²) in [7, 11) is 2.15. The van der Waals surface area contributed by atoms with E-state index in [-0.39, 0.29) is 6.09 Å². The Labute approximate surface area is 157 Å². The van der Waals surface area contributed by atoms with Crippen LogP contribution >= 0.6 is 0 Å². The van der Waals surface area contributed by atoms with E-state index in [1.807, 2.05) is 4.90 Å². The van der Waals surface area contributed by atoms with Gasteiger partial charge in [0, 0.05) is 64.6 Å². The molecular formula is C20H32N4O2. The van der Waals surface area contributed by atoms with Crippen molar-refractivity contribution >= 4 is 11.8 Å². The Morgan fingerprint density at radius 1 is 1.00 bits per heavy atom. The van der Waals surface area contributed by atoms with Gasteiger partial charge in [-0.15, -0.1) is 0 Å². The topological polar surface area (TPSA) is 39.3 Å². The molecule has 0 aromatic heterocycles. The monoisotopic (exact) mass is 360 g/mol. The fourth-order valence-electron chi connectivity index (χ4n) is 3.61. The van der Waals surface area contributed by atoms with E-state index in [2.05, 4.69) is 53.8 Å². The van der Waals surface area contributed by atoms with E-state index in [0.717, 1.165) is 58.9 Å². The van der Waals surface area contributed by atoms with Crippen molar-refractivity contribution < 1.29 is 9.53 Å². The average molecular weight is 361 g/mol. The minimum absolute atomic E-state index is 0.167. The number of nitrogens with zero attached hydrogens (tertiary/aromatic N) is 4. The van der Waals surface area contributed by atoms with Crippen LogP contribution in [0.25, 0.3) is 0 Å². The van der Waals surface area contributed by atoms with E-state index in [9.17, 15) is 4.79 Å². The van der Waals surface area contributed by atoms with Crippen molar-refractivity contribution in [3.8, 4) is 0 Å². The third-order valence-corrected chi connectivity index (χ3v) is 5.47. The number of carbonyl (C=O) groups is 1. The van der Waals surface area contributed by atoms with Crippen LogP contribution in [0.5, 0.6) is 0 Å². The lowest BCUT2D eigenvalue weighted by Gasteiger charge is -2.36. The molecule has 0 atom stereocenters. The number of ether oxygens (including phenoxy) is 1. The van der Waals surface area contributed by atoms with Crippen molar-refractivity contribution in [1.82, 2.24) is 14.7 Å². The molecule has 2 heterocycles. The molecule has 0 N–H and O–H groups in total. The zero-order valence-electron chi connectivity index (χ0n) is 16.4. The minimum Gasteiger partial charge on any atom is -0.448 e. The fourth-order valence-corrected chi connectivity index (χ4v) is 3.61. The number of piperazine rings is 2. The van der Waals surface area contributed by atoms with Gasteiger partial charge < -0.3 is 19.4 Å². The Balaban J connectivity index is 1.40. The fraction of sp³-hybridized carbons (Fsp3) is 0.650.